The second kappa shape index (κ2) is 4.65. The van der Waals surface area contributed by atoms with Crippen molar-refractivity contribution in [3.63, 3.8) is 0 Å². The van der Waals surface area contributed by atoms with Gasteiger partial charge < -0.3 is 14.4 Å². The molecule has 16 heavy (non-hydrogen) atoms. The third kappa shape index (κ3) is 2.09. The van der Waals surface area contributed by atoms with E-state index in [1.165, 1.54) is 0 Å². The molecule has 1 aromatic rings. The normalized spacial score (nSPS) is 17.8. The molecule has 1 aliphatic heterocycles. The fourth-order valence-electron chi connectivity index (χ4n) is 1.92. The number of nitrogens with zero attached hydrogens (tertiary/aromatic N) is 4. The second-order valence-electron chi connectivity index (χ2n) is 4.13. The summed E-state index contributed by atoms with van der Waals surface area (Å²) >= 11 is 0. The van der Waals surface area contributed by atoms with E-state index >= 15 is 0 Å². The largest absolute Gasteiger partial charge is 0.349 e. The van der Waals surface area contributed by atoms with E-state index in [4.69, 9.17) is 0 Å². The molecule has 2 rings (SSSR count). The first kappa shape index (κ1) is 11.1. The van der Waals surface area contributed by atoms with E-state index in [0.29, 0.717) is 12.4 Å². The first-order chi connectivity index (χ1) is 7.72. The zero-order valence-electron chi connectivity index (χ0n) is 9.89. The average Bonchev–Trinajstić information content (AvgIpc) is 2.31. The lowest BCUT2D eigenvalue weighted by molar-refractivity contribution is 0.311. The molecule has 0 aliphatic carbocycles. The van der Waals surface area contributed by atoms with Gasteiger partial charge in [0, 0.05) is 45.1 Å². The van der Waals surface area contributed by atoms with Crippen LogP contribution in [0.2, 0.25) is 0 Å². The summed E-state index contributed by atoms with van der Waals surface area (Å²) < 4.78 is 1.70. The monoisotopic (exact) mass is 222 g/mol. The molecule has 1 aromatic heterocycles. The maximum Gasteiger partial charge on any atom is 0.293 e. The summed E-state index contributed by atoms with van der Waals surface area (Å²) in [7, 11) is 2.10. The van der Waals surface area contributed by atoms with Crippen molar-refractivity contribution in [2.45, 2.75) is 13.5 Å². The van der Waals surface area contributed by atoms with Gasteiger partial charge in [0.2, 0.25) is 0 Å². The van der Waals surface area contributed by atoms with E-state index < -0.39 is 0 Å². The molecular weight excluding hydrogens is 204 g/mol. The van der Waals surface area contributed by atoms with Crippen molar-refractivity contribution < 1.29 is 0 Å². The minimum absolute atomic E-state index is 0.0227. The minimum atomic E-state index is 0.0227. The van der Waals surface area contributed by atoms with Crippen LogP contribution in [0.5, 0.6) is 0 Å². The summed E-state index contributed by atoms with van der Waals surface area (Å²) in [5.41, 5.74) is 0.0227. The predicted molar refractivity (Wildman–Crippen MR) is 63.9 cm³/mol. The number of likely N-dealkylation sites (N-methyl/N-ethyl adjacent to an activating group) is 1. The van der Waals surface area contributed by atoms with Crippen LogP contribution in [-0.2, 0) is 6.54 Å². The van der Waals surface area contributed by atoms with Gasteiger partial charge >= 0.3 is 0 Å². The van der Waals surface area contributed by atoms with Gasteiger partial charge in [-0.1, -0.05) is 0 Å². The Balaban J connectivity index is 2.24. The van der Waals surface area contributed by atoms with Crippen molar-refractivity contribution in [1.82, 2.24) is 14.5 Å². The summed E-state index contributed by atoms with van der Waals surface area (Å²) in [5, 5.41) is 0. The van der Waals surface area contributed by atoms with Gasteiger partial charge in [-0.15, -0.1) is 0 Å². The van der Waals surface area contributed by atoms with Gasteiger partial charge in [0.05, 0.1) is 0 Å². The first-order valence-electron chi connectivity index (χ1n) is 5.71. The SMILES string of the molecule is CCn1ccnc(N2CCN(C)CC2)c1=O. The van der Waals surface area contributed by atoms with Gasteiger partial charge in [-0.2, -0.15) is 0 Å². The van der Waals surface area contributed by atoms with E-state index in [-0.39, 0.29) is 5.56 Å². The molecule has 88 valence electrons. The Hall–Kier alpha value is -1.36. The van der Waals surface area contributed by atoms with Gasteiger partial charge in [0.25, 0.3) is 5.56 Å². The van der Waals surface area contributed by atoms with Gasteiger partial charge in [-0.3, -0.25) is 4.79 Å². The number of hydrogen-bond acceptors (Lipinski definition) is 4. The molecule has 0 amide bonds. The van der Waals surface area contributed by atoms with Gasteiger partial charge in [-0.25, -0.2) is 4.98 Å². The van der Waals surface area contributed by atoms with Gasteiger partial charge in [0.1, 0.15) is 0 Å². The number of rotatable bonds is 2. The highest BCUT2D eigenvalue weighted by atomic mass is 16.1. The topological polar surface area (TPSA) is 41.4 Å². The van der Waals surface area contributed by atoms with Crippen molar-refractivity contribution >= 4 is 5.82 Å². The van der Waals surface area contributed by atoms with E-state index in [0.717, 1.165) is 26.2 Å². The molecule has 2 heterocycles. The maximum absolute atomic E-state index is 12.0. The molecule has 0 atom stereocenters. The highest BCUT2D eigenvalue weighted by Gasteiger charge is 2.18. The standard InChI is InChI=1S/C11H18N4O/c1-3-14-5-4-12-10(11(14)16)15-8-6-13(2)7-9-15/h4-5H,3,6-9H2,1-2H3. The lowest BCUT2D eigenvalue weighted by atomic mass is 10.3. The lowest BCUT2D eigenvalue weighted by Crippen LogP contribution is -2.47. The van der Waals surface area contributed by atoms with Crippen LogP contribution < -0.4 is 10.5 Å². The highest BCUT2D eigenvalue weighted by molar-refractivity contribution is 5.36. The molecular formula is C11H18N4O. The Morgan fingerprint density at radius 1 is 1.31 bits per heavy atom. The van der Waals surface area contributed by atoms with Crippen molar-refractivity contribution in [3.05, 3.63) is 22.7 Å². The summed E-state index contributed by atoms with van der Waals surface area (Å²) in [6, 6.07) is 0. The molecule has 0 aromatic carbocycles. The van der Waals surface area contributed by atoms with Crippen LogP contribution in [0.15, 0.2) is 17.2 Å². The molecule has 0 N–H and O–H groups in total. The first-order valence-corrected chi connectivity index (χ1v) is 5.71. The number of anilines is 1. The zero-order valence-corrected chi connectivity index (χ0v) is 9.89. The van der Waals surface area contributed by atoms with E-state index in [1.54, 1.807) is 17.0 Å². The van der Waals surface area contributed by atoms with Crippen LogP contribution in [0.3, 0.4) is 0 Å². The number of aryl methyl sites for hydroxylation is 1. The molecule has 0 radical (unpaired) electrons. The highest BCUT2D eigenvalue weighted by Crippen LogP contribution is 2.07. The molecule has 1 saturated heterocycles. The number of piperazine rings is 1. The predicted octanol–water partition coefficient (Wildman–Crippen LogP) is 0.0150. The molecule has 0 saturated carbocycles. The Kier molecular flexibility index (Phi) is 3.24. The average molecular weight is 222 g/mol. The summed E-state index contributed by atoms with van der Waals surface area (Å²) in [6.07, 6.45) is 3.44. The summed E-state index contributed by atoms with van der Waals surface area (Å²) in [6.45, 7) is 6.40. The quantitative estimate of drug-likeness (QED) is 0.707. The van der Waals surface area contributed by atoms with Crippen LogP contribution >= 0.6 is 0 Å². The number of aromatic nitrogens is 2. The molecule has 0 unspecified atom stereocenters. The van der Waals surface area contributed by atoms with Gasteiger partial charge in [-0.05, 0) is 14.0 Å². The molecule has 1 fully saturated rings. The minimum Gasteiger partial charge on any atom is -0.349 e. The van der Waals surface area contributed by atoms with Crippen LogP contribution in [0.1, 0.15) is 6.92 Å². The third-order valence-corrected chi connectivity index (χ3v) is 3.04. The fraction of sp³-hybridized carbons (Fsp3) is 0.636. The zero-order chi connectivity index (χ0) is 11.5. The van der Waals surface area contributed by atoms with E-state index in [2.05, 4.69) is 21.8 Å². The van der Waals surface area contributed by atoms with Crippen LogP contribution in [0.25, 0.3) is 0 Å². The Bertz CT molecular complexity index is 407. The van der Waals surface area contributed by atoms with Crippen molar-refractivity contribution in [1.29, 1.82) is 0 Å². The fourth-order valence-corrected chi connectivity index (χ4v) is 1.92. The molecule has 5 nitrogen and oxygen atoms in total. The molecule has 0 spiro atoms. The Morgan fingerprint density at radius 3 is 2.62 bits per heavy atom. The summed E-state index contributed by atoms with van der Waals surface area (Å²) in [5.74, 6) is 0.595. The third-order valence-electron chi connectivity index (χ3n) is 3.04. The van der Waals surface area contributed by atoms with Gasteiger partial charge in [0.15, 0.2) is 5.82 Å². The lowest BCUT2D eigenvalue weighted by Gasteiger charge is -2.32. The number of hydrogen-bond donors (Lipinski definition) is 0. The molecule has 5 heteroatoms. The van der Waals surface area contributed by atoms with Crippen LogP contribution in [0, 0.1) is 0 Å². The Morgan fingerprint density at radius 2 is 2.00 bits per heavy atom. The second-order valence-corrected chi connectivity index (χ2v) is 4.13. The van der Waals surface area contributed by atoms with Crippen LogP contribution in [0.4, 0.5) is 5.82 Å². The van der Waals surface area contributed by atoms with Crippen molar-refractivity contribution in [2.75, 3.05) is 38.1 Å². The van der Waals surface area contributed by atoms with E-state index in [1.807, 2.05) is 6.92 Å². The maximum atomic E-state index is 12.0. The summed E-state index contributed by atoms with van der Waals surface area (Å²) in [4.78, 5) is 20.6. The van der Waals surface area contributed by atoms with E-state index in [9.17, 15) is 4.79 Å². The Labute approximate surface area is 95.3 Å². The molecule has 0 bridgehead atoms. The van der Waals surface area contributed by atoms with Crippen LogP contribution in [-0.4, -0.2) is 47.7 Å². The smallest absolute Gasteiger partial charge is 0.293 e. The van der Waals surface area contributed by atoms with Crippen molar-refractivity contribution in [2.24, 2.45) is 0 Å². The molecule has 1 aliphatic rings. The van der Waals surface area contributed by atoms with Crippen molar-refractivity contribution in [3.8, 4) is 0 Å².